The topological polar surface area (TPSA) is 44.2 Å². The molecule has 218 valence electrons. The molecule has 3 aromatic rings. The van der Waals surface area contributed by atoms with Crippen molar-refractivity contribution in [2.24, 2.45) is 0 Å². The molecule has 0 fully saturated rings. The van der Waals surface area contributed by atoms with Crippen LogP contribution in [0.2, 0.25) is 36.3 Å². The standard InChI is InChI=1S/C32H46Br2N2O2Si2/c1-31(2,3)39(7,8)37-17-15-23-19-28(30-14-12-26(34)22-36-30)24(16-18-38-40(9,10)32(4,5)6)20-27(23)29-13-11-25(33)21-35-29/h11-14,19-22H,15-18H2,1-10H3. The number of aromatic nitrogens is 2. The van der Waals surface area contributed by atoms with E-state index in [0.29, 0.717) is 13.2 Å². The Balaban J connectivity index is 2.06. The lowest BCUT2D eigenvalue weighted by atomic mass is 9.91. The van der Waals surface area contributed by atoms with E-state index in [1.165, 1.54) is 11.1 Å². The van der Waals surface area contributed by atoms with Crippen LogP contribution in [0, 0.1) is 0 Å². The highest BCUT2D eigenvalue weighted by molar-refractivity contribution is 9.10. The first-order chi connectivity index (χ1) is 18.4. The maximum absolute atomic E-state index is 6.61. The third-order valence-corrected chi connectivity index (χ3v) is 18.6. The maximum Gasteiger partial charge on any atom is 0.191 e. The van der Waals surface area contributed by atoms with Gasteiger partial charge in [-0.25, -0.2) is 0 Å². The molecule has 0 aliphatic heterocycles. The van der Waals surface area contributed by atoms with E-state index in [0.717, 1.165) is 44.3 Å². The Bertz CT molecular complexity index is 1180. The molecule has 0 unspecified atom stereocenters. The van der Waals surface area contributed by atoms with Crippen LogP contribution in [0.3, 0.4) is 0 Å². The van der Waals surface area contributed by atoms with Crippen molar-refractivity contribution >= 4 is 48.5 Å². The lowest BCUT2D eigenvalue weighted by molar-refractivity contribution is 0.291. The summed E-state index contributed by atoms with van der Waals surface area (Å²) in [7, 11) is -3.72. The Morgan fingerprint density at radius 1 is 0.625 bits per heavy atom. The van der Waals surface area contributed by atoms with Gasteiger partial charge >= 0.3 is 0 Å². The van der Waals surface area contributed by atoms with Gasteiger partial charge in [0.2, 0.25) is 0 Å². The minimum absolute atomic E-state index is 0.170. The molecule has 3 rings (SSSR count). The van der Waals surface area contributed by atoms with Gasteiger partial charge in [-0.3, -0.25) is 9.97 Å². The minimum Gasteiger partial charge on any atom is -0.416 e. The van der Waals surface area contributed by atoms with E-state index >= 15 is 0 Å². The van der Waals surface area contributed by atoms with Crippen molar-refractivity contribution in [1.82, 2.24) is 9.97 Å². The number of pyridine rings is 2. The summed E-state index contributed by atoms with van der Waals surface area (Å²) in [6, 6.07) is 12.9. The molecule has 0 saturated heterocycles. The molecule has 0 N–H and O–H groups in total. The fourth-order valence-corrected chi connectivity index (χ4v) is 6.48. The summed E-state index contributed by atoms with van der Waals surface area (Å²) in [4.78, 5) is 9.57. The van der Waals surface area contributed by atoms with Crippen molar-refractivity contribution in [1.29, 1.82) is 0 Å². The molecule has 0 spiro atoms. The summed E-state index contributed by atoms with van der Waals surface area (Å²) in [5.41, 5.74) is 6.67. The van der Waals surface area contributed by atoms with Crippen molar-refractivity contribution in [3.8, 4) is 22.5 Å². The van der Waals surface area contributed by atoms with Gasteiger partial charge in [-0.2, -0.15) is 0 Å². The molecule has 2 heterocycles. The molecule has 0 saturated carbocycles. The van der Waals surface area contributed by atoms with Crippen LogP contribution in [0.5, 0.6) is 0 Å². The minimum atomic E-state index is -1.86. The van der Waals surface area contributed by atoms with E-state index in [9.17, 15) is 0 Å². The quantitative estimate of drug-likeness (QED) is 0.197. The molecular formula is C32H46Br2N2O2Si2. The molecule has 0 atom stereocenters. The normalized spacial score (nSPS) is 13.1. The van der Waals surface area contributed by atoms with Crippen molar-refractivity contribution in [2.45, 2.75) is 90.6 Å². The lowest BCUT2D eigenvalue weighted by Crippen LogP contribution is -2.41. The van der Waals surface area contributed by atoms with Crippen LogP contribution in [-0.2, 0) is 21.7 Å². The van der Waals surface area contributed by atoms with E-state index in [1.807, 2.05) is 12.4 Å². The van der Waals surface area contributed by atoms with Gasteiger partial charge < -0.3 is 8.85 Å². The summed E-state index contributed by atoms with van der Waals surface area (Å²) in [5.74, 6) is 0. The maximum atomic E-state index is 6.61. The second kappa shape index (κ2) is 13.0. The molecule has 40 heavy (non-hydrogen) atoms. The molecule has 0 amide bonds. The number of rotatable bonds is 10. The molecule has 0 radical (unpaired) electrons. The molecule has 8 heteroatoms. The van der Waals surface area contributed by atoms with E-state index in [2.05, 4.69) is 136 Å². The van der Waals surface area contributed by atoms with Gasteiger partial charge in [-0.05, 0) is 128 Å². The number of benzene rings is 1. The van der Waals surface area contributed by atoms with E-state index in [4.69, 9.17) is 18.8 Å². The third-order valence-electron chi connectivity index (χ3n) is 8.62. The molecule has 0 aliphatic rings. The monoisotopic (exact) mass is 704 g/mol. The van der Waals surface area contributed by atoms with Crippen LogP contribution in [-0.4, -0.2) is 39.8 Å². The smallest absolute Gasteiger partial charge is 0.191 e. The van der Waals surface area contributed by atoms with Gasteiger partial charge in [0.05, 0.1) is 11.4 Å². The SMILES string of the molecule is CC(C)(C)[Si](C)(C)OCCc1cc(-c2ccc(Br)cn2)c(CCO[Si](C)(C)C(C)(C)C)cc1-c1ccc(Br)cn1. The van der Waals surface area contributed by atoms with Gasteiger partial charge in [0.1, 0.15) is 0 Å². The number of halogens is 2. The fourth-order valence-electron chi connectivity index (χ4n) is 3.92. The lowest BCUT2D eigenvalue weighted by Gasteiger charge is -2.36. The Kier molecular flexibility index (Phi) is 10.8. The third kappa shape index (κ3) is 8.45. The Hall–Kier alpha value is -1.17. The van der Waals surface area contributed by atoms with Gasteiger partial charge in [0, 0.05) is 45.7 Å². The highest BCUT2D eigenvalue weighted by Gasteiger charge is 2.38. The Morgan fingerprint density at radius 3 is 1.25 bits per heavy atom. The van der Waals surface area contributed by atoms with Crippen LogP contribution in [0.1, 0.15) is 52.7 Å². The first-order valence-electron chi connectivity index (χ1n) is 14.1. The molecule has 4 nitrogen and oxygen atoms in total. The summed E-state index contributed by atoms with van der Waals surface area (Å²) in [6.45, 7) is 24.3. The molecule has 0 aliphatic carbocycles. The van der Waals surface area contributed by atoms with E-state index in [-0.39, 0.29) is 10.1 Å². The Labute approximate surface area is 261 Å². The van der Waals surface area contributed by atoms with Gasteiger partial charge in [0.15, 0.2) is 16.6 Å². The van der Waals surface area contributed by atoms with E-state index < -0.39 is 16.6 Å². The predicted molar refractivity (Wildman–Crippen MR) is 182 cm³/mol. The molecule has 0 bridgehead atoms. The zero-order valence-corrected chi connectivity index (χ0v) is 31.1. The second-order valence-corrected chi connectivity index (χ2v) is 25.1. The van der Waals surface area contributed by atoms with Crippen molar-refractivity contribution < 1.29 is 8.85 Å². The zero-order chi connectivity index (χ0) is 29.9. The molecular weight excluding hydrogens is 660 g/mol. The van der Waals surface area contributed by atoms with Crippen LogP contribution >= 0.6 is 31.9 Å². The second-order valence-electron chi connectivity index (χ2n) is 13.6. The average molecular weight is 707 g/mol. The largest absolute Gasteiger partial charge is 0.416 e. The molecule has 1 aromatic carbocycles. The van der Waals surface area contributed by atoms with E-state index in [1.54, 1.807) is 0 Å². The average Bonchev–Trinajstić information content (AvgIpc) is 2.84. The fraction of sp³-hybridized carbons (Fsp3) is 0.500. The predicted octanol–water partition coefficient (Wildman–Crippen LogP) is 10.5. The summed E-state index contributed by atoms with van der Waals surface area (Å²) >= 11 is 7.09. The molecule has 2 aromatic heterocycles. The van der Waals surface area contributed by atoms with Gasteiger partial charge in [0.25, 0.3) is 0 Å². The van der Waals surface area contributed by atoms with Crippen LogP contribution < -0.4 is 0 Å². The van der Waals surface area contributed by atoms with Crippen molar-refractivity contribution in [2.75, 3.05) is 13.2 Å². The van der Waals surface area contributed by atoms with Crippen LogP contribution in [0.15, 0.2) is 57.7 Å². The highest BCUT2D eigenvalue weighted by Crippen LogP contribution is 2.39. The van der Waals surface area contributed by atoms with Gasteiger partial charge in [-0.15, -0.1) is 0 Å². The van der Waals surface area contributed by atoms with Crippen molar-refractivity contribution in [3.05, 3.63) is 68.9 Å². The summed E-state index contributed by atoms with van der Waals surface area (Å²) < 4.78 is 15.2. The number of hydrogen-bond donors (Lipinski definition) is 0. The number of hydrogen-bond acceptors (Lipinski definition) is 4. The summed E-state index contributed by atoms with van der Waals surface area (Å²) in [5, 5.41) is 0.340. The highest BCUT2D eigenvalue weighted by atomic mass is 79.9. The zero-order valence-electron chi connectivity index (χ0n) is 25.9. The number of nitrogens with zero attached hydrogens (tertiary/aromatic N) is 2. The first kappa shape index (κ1) is 33.3. The Morgan fingerprint density at radius 2 is 0.975 bits per heavy atom. The first-order valence-corrected chi connectivity index (χ1v) is 21.5. The van der Waals surface area contributed by atoms with Crippen LogP contribution in [0.25, 0.3) is 22.5 Å². The van der Waals surface area contributed by atoms with Gasteiger partial charge in [-0.1, -0.05) is 41.5 Å². The van der Waals surface area contributed by atoms with Crippen molar-refractivity contribution in [3.63, 3.8) is 0 Å². The van der Waals surface area contributed by atoms with Crippen LogP contribution in [0.4, 0.5) is 0 Å². The summed E-state index contributed by atoms with van der Waals surface area (Å²) in [6.07, 6.45) is 5.36.